The number of carbonyl (C=O) groups is 1. The molecule has 1 unspecified atom stereocenters. The fraction of sp³-hybridized carbons (Fsp3) is 0.917. The highest BCUT2D eigenvalue weighted by atomic mass is 16.2. The molecule has 1 aliphatic rings. The molecule has 1 aliphatic heterocycles. The van der Waals surface area contributed by atoms with Gasteiger partial charge in [-0.25, -0.2) is 0 Å². The minimum Gasteiger partial charge on any atom is -0.354 e. The molecule has 1 N–H and O–H groups in total. The fourth-order valence-corrected chi connectivity index (χ4v) is 2.10. The Morgan fingerprint density at radius 3 is 2.87 bits per heavy atom. The van der Waals surface area contributed by atoms with E-state index >= 15 is 0 Å². The summed E-state index contributed by atoms with van der Waals surface area (Å²) in [5.41, 5.74) is 0. The van der Waals surface area contributed by atoms with Crippen molar-refractivity contribution >= 4 is 5.91 Å². The second-order valence-electron chi connectivity index (χ2n) is 4.83. The molecule has 0 spiro atoms. The Kier molecular flexibility index (Phi) is 5.09. The third-order valence-electron chi connectivity index (χ3n) is 2.86. The molecule has 0 bridgehead atoms. The van der Waals surface area contributed by atoms with E-state index in [1.54, 1.807) is 0 Å². The zero-order valence-corrected chi connectivity index (χ0v) is 10.3. The molecule has 3 nitrogen and oxygen atoms in total. The highest BCUT2D eigenvalue weighted by molar-refractivity contribution is 5.82. The van der Waals surface area contributed by atoms with E-state index in [-0.39, 0.29) is 11.9 Å². The molecule has 1 rings (SSSR count). The lowest BCUT2D eigenvalue weighted by Gasteiger charge is -2.23. The lowest BCUT2D eigenvalue weighted by atomic mass is 10.2. The van der Waals surface area contributed by atoms with Crippen LogP contribution in [0.25, 0.3) is 0 Å². The van der Waals surface area contributed by atoms with Crippen molar-refractivity contribution in [3.63, 3.8) is 0 Å². The number of likely N-dealkylation sites (tertiary alicyclic amines) is 1. The third kappa shape index (κ3) is 3.82. The van der Waals surface area contributed by atoms with Crippen molar-refractivity contribution in [1.29, 1.82) is 0 Å². The number of rotatable bonds is 5. The first-order valence-corrected chi connectivity index (χ1v) is 6.17. The van der Waals surface area contributed by atoms with Crippen LogP contribution in [0.3, 0.4) is 0 Å². The van der Waals surface area contributed by atoms with Gasteiger partial charge in [0.1, 0.15) is 0 Å². The van der Waals surface area contributed by atoms with Crippen molar-refractivity contribution in [1.82, 2.24) is 10.2 Å². The number of hydrogen-bond acceptors (Lipinski definition) is 2. The summed E-state index contributed by atoms with van der Waals surface area (Å²) in [6.45, 7) is 9.36. The number of nitrogens with one attached hydrogen (secondary N) is 1. The molecule has 0 aromatic heterocycles. The minimum absolute atomic E-state index is 0.142. The predicted molar refractivity (Wildman–Crippen MR) is 62.7 cm³/mol. The summed E-state index contributed by atoms with van der Waals surface area (Å²) in [6.07, 6.45) is 3.33. The molecule has 88 valence electrons. The van der Waals surface area contributed by atoms with Crippen LogP contribution in [0.5, 0.6) is 0 Å². The summed E-state index contributed by atoms with van der Waals surface area (Å²) < 4.78 is 0. The maximum atomic E-state index is 11.9. The van der Waals surface area contributed by atoms with E-state index in [1.807, 2.05) is 0 Å². The van der Waals surface area contributed by atoms with E-state index < -0.39 is 0 Å². The van der Waals surface area contributed by atoms with Gasteiger partial charge in [-0.15, -0.1) is 0 Å². The monoisotopic (exact) mass is 212 g/mol. The van der Waals surface area contributed by atoms with Gasteiger partial charge >= 0.3 is 0 Å². The molecule has 0 saturated carbocycles. The summed E-state index contributed by atoms with van der Waals surface area (Å²) in [4.78, 5) is 14.2. The Morgan fingerprint density at radius 2 is 2.27 bits per heavy atom. The van der Waals surface area contributed by atoms with E-state index in [9.17, 15) is 4.79 Å². The van der Waals surface area contributed by atoms with Crippen LogP contribution >= 0.6 is 0 Å². The Morgan fingerprint density at radius 1 is 1.53 bits per heavy atom. The van der Waals surface area contributed by atoms with Crippen molar-refractivity contribution in [3.05, 3.63) is 0 Å². The van der Waals surface area contributed by atoms with E-state index in [4.69, 9.17) is 0 Å². The average molecular weight is 212 g/mol. The number of amides is 1. The Bertz CT molecular complexity index is 204. The van der Waals surface area contributed by atoms with Gasteiger partial charge in [0, 0.05) is 6.54 Å². The molecule has 1 heterocycles. The molecule has 0 aliphatic carbocycles. The SMILES string of the molecule is CCCN1CCCC1C(=O)NCC(C)C. The van der Waals surface area contributed by atoms with E-state index in [0.717, 1.165) is 32.5 Å². The first-order chi connectivity index (χ1) is 7.15. The van der Waals surface area contributed by atoms with Crippen molar-refractivity contribution < 1.29 is 4.79 Å². The molecule has 0 radical (unpaired) electrons. The Labute approximate surface area is 93.2 Å². The van der Waals surface area contributed by atoms with Gasteiger partial charge in [-0.1, -0.05) is 20.8 Å². The minimum atomic E-state index is 0.142. The second-order valence-corrected chi connectivity index (χ2v) is 4.83. The van der Waals surface area contributed by atoms with Crippen LogP contribution in [-0.2, 0) is 4.79 Å². The van der Waals surface area contributed by atoms with Crippen molar-refractivity contribution in [2.45, 2.75) is 46.1 Å². The molecule has 0 aromatic rings. The van der Waals surface area contributed by atoms with E-state index in [1.165, 1.54) is 6.42 Å². The Balaban J connectivity index is 2.36. The fourth-order valence-electron chi connectivity index (χ4n) is 2.10. The predicted octanol–water partition coefficient (Wildman–Crippen LogP) is 1.63. The lowest BCUT2D eigenvalue weighted by Crippen LogP contribution is -2.44. The van der Waals surface area contributed by atoms with E-state index in [0.29, 0.717) is 5.92 Å². The maximum Gasteiger partial charge on any atom is 0.237 e. The zero-order valence-electron chi connectivity index (χ0n) is 10.3. The van der Waals surface area contributed by atoms with Gasteiger partial charge in [-0.3, -0.25) is 9.69 Å². The van der Waals surface area contributed by atoms with Crippen LogP contribution in [0.2, 0.25) is 0 Å². The van der Waals surface area contributed by atoms with Crippen molar-refractivity contribution in [2.24, 2.45) is 5.92 Å². The normalized spacial score (nSPS) is 22.3. The van der Waals surface area contributed by atoms with Gasteiger partial charge in [0.2, 0.25) is 5.91 Å². The number of carbonyl (C=O) groups excluding carboxylic acids is 1. The Hall–Kier alpha value is -0.570. The smallest absolute Gasteiger partial charge is 0.237 e. The summed E-state index contributed by atoms with van der Waals surface area (Å²) in [7, 11) is 0. The standard InChI is InChI=1S/C12H24N2O/c1-4-7-14-8-5-6-11(14)12(15)13-9-10(2)3/h10-11H,4-9H2,1-3H3,(H,13,15). The third-order valence-corrected chi connectivity index (χ3v) is 2.86. The van der Waals surface area contributed by atoms with Crippen LogP contribution in [-0.4, -0.2) is 36.5 Å². The van der Waals surface area contributed by atoms with Gasteiger partial charge in [0.15, 0.2) is 0 Å². The first-order valence-electron chi connectivity index (χ1n) is 6.17. The van der Waals surface area contributed by atoms with Crippen molar-refractivity contribution in [3.8, 4) is 0 Å². The lowest BCUT2D eigenvalue weighted by molar-refractivity contribution is -0.125. The van der Waals surface area contributed by atoms with Crippen molar-refractivity contribution in [2.75, 3.05) is 19.6 Å². The summed E-state index contributed by atoms with van der Waals surface area (Å²) in [5, 5.41) is 3.03. The molecule has 0 aromatic carbocycles. The summed E-state index contributed by atoms with van der Waals surface area (Å²) >= 11 is 0. The molecule has 1 fully saturated rings. The maximum absolute atomic E-state index is 11.9. The molecule has 15 heavy (non-hydrogen) atoms. The van der Waals surface area contributed by atoms with Gasteiger partial charge in [0.05, 0.1) is 6.04 Å². The summed E-state index contributed by atoms with van der Waals surface area (Å²) in [5.74, 6) is 0.768. The van der Waals surface area contributed by atoms with E-state index in [2.05, 4.69) is 31.0 Å². The molecule has 1 atom stereocenters. The molecule has 1 saturated heterocycles. The molecule has 3 heteroatoms. The quantitative estimate of drug-likeness (QED) is 0.751. The highest BCUT2D eigenvalue weighted by Gasteiger charge is 2.29. The zero-order chi connectivity index (χ0) is 11.3. The number of hydrogen-bond donors (Lipinski definition) is 1. The molecular formula is C12H24N2O. The van der Waals surface area contributed by atoms with Crippen LogP contribution in [0.4, 0.5) is 0 Å². The van der Waals surface area contributed by atoms with Gasteiger partial charge in [-0.2, -0.15) is 0 Å². The first kappa shape index (κ1) is 12.5. The topological polar surface area (TPSA) is 32.3 Å². The molecule has 1 amide bonds. The van der Waals surface area contributed by atoms with Crippen LogP contribution < -0.4 is 5.32 Å². The summed E-state index contributed by atoms with van der Waals surface area (Å²) in [6, 6.07) is 0.142. The van der Waals surface area contributed by atoms with Gasteiger partial charge in [-0.05, 0) is 38.3 Å². The largest absolute Gasteiger partial charge is 0.354 e. The highest BCUT2D eigenvalue weighted by Crippen LogP contribution is 2.17. The van der Waals surface area contributed by atoms with Crippen LogP contribution in [0, 0.1) is 5.92 Å². The van der Waals surface area contributed by atoms with Gasteiger partial charge in [0.25, 0.3) is 0 Å². The van der Waals surface area contributed by atoms with Gasteiger partial charge < -0.3 is 5.32 Å². The average Bonchev–Trinajstić information content (AvgIpc) is 2.63. The van der Waals surface area contributed by atoms with Crippen LogP contribution in [0.1, 0.15) is 40.0 Å². The second kappa shape index (κ2) is 6.11. The molecular weight excluding hydrogens is 188 g/mol. The van der Waals surface area contributed by atoms with Crippen LogP contribution in [0.15, 0.2) is 0 Å². The number of nitrogens with zero attached hydrogens (tertiary/aromatic N) is 1.